The number of nitrogens with two attached hydrogens (primary N) is 1. The summed E-state index contributed by atoms with van der Waals surface area (Å²) in [5.74, 6) is 0.366. The van der Waals surface area contributed by atoms with Crippen molar-refractivity contribution in [1.29, 1.82) is 0 Å². The Morgan fingerprint density at radius 3 is 2.21 bits per heavy atom. The number of piperidine rings is 1. The normalized spacial score (nSPS) is 34.0. The summed E-state index contributed by atoms with van der Waals surface area (Å²) in [6.45, 7) is 8.65. The fourth-order valence-corrected chi connectivity index (χ4v) is 2.95. The van der Waals surface area contributed by atoms with Crippen molar-refractivity contribution in [3.8, 4) is 0 Å². The number of carbonyl (C=O) groups excluding carboxylic acids is 1. The summed E-state index contributed by atoms with van der Waals surface area (Å²) < 4.78 is 5.34. The Morgan fingerprint density at radius 2 is 1.84 bits per heavy atom. The van der Waals surface area contributed by atoms with Crippen molar-refractivity contribution in [2.24, 2.45) is 11.7 Å². The molecule has 2 rings (SSSR count). The maximum absolute atomic E-state index is 11.9. The van der Waals surface area contributed by atoms with Gasteiger partial charge in [0.2, 0.25) is 0 Å². The lowest BCUT2D eigenvalue weighted by molar-refractivity contribution is -0.0569. The predicted molar refractivity (Wildman–Crippen MR) is 72.7 cm³/mol. The van der Waals surface area contributed by atoms with Crippen LogP contribution in [0.15, 0.2) is 0 Å². The number of amides is 1. The Balaban J connectivity index is 1.91. The third kappa shape index (κ3) is 2.72. The SMILES string of the molecule is CC1CC1(N)C1(O)CCN(C(=O)OC(C)(C)C)CC1. The maximum atomic E-state index is 11.9. The van der Waals surface area contributed by atoms with Crippen LogP contribution in [0.1, 0.15) is 47.0 Å². The number of likely N-dealkylation sites (tertiary alicyclic amines) is 1. The fourth-order valence-electron chi connectivity index (χ4n) is 2.95. The van der Waals surface area contributed by atoms with Crippen molar-refractivity contribution in [2.45, 2.75) is 63.7 Å². The van der Waals surface area contributed by atoms with Gasteiger partial charge in [-0.3, -0.25) is 0 Å². The third-order valence-electron chi connectivity index (χ3n) is 4.47. The number of nitrogens with zero attached hydrogens (tertiary/aromatic N) is 1. The predicted octanol–water partition coefficient (Wildman–Crippen LogP) is 1.49. The second-order valence-corrected chi connectivity index (χ2v) is 7.14. The highest BCUT2D eigenvalue weighted by Crippen LogP contribution is 2.52. The van der Waals surface area contributed by atoms with Crippen LogP contribution in [0.2, 0.25) is 0 Å². The zero-order valence-corrected chi connectivity index (χ0v) is 12.4. The summed E-state index contributed by atoms with van der Waals surface area (Å²) in [7, 11) is 0. The largest absolute Gasteiger partial charge is 0.444 e. The summed E-state index contributed by atoms with van der Waals surface area (Å²) in [5.41, 5.74) is 4.48. The first-order valence-corrected chi connectivity index (χ1v) is 7.07. The Bertz CT molecular complexity index is 369. The molecule has 1 saturated carbocycles. The molecular formula is C14H26N2O3. The number of rotatable bonds is 1. The summed E-state index contributed by atoms with van der Waals surface area (Å²) in [6.07, 6.45) is 1.64. The lowest BCUT2D eigenvalue weighted by Crippen LogP contribution is -2.58. The summed E-state index contributed by atoms with van der Waals surface area (Å²) in [6, 6.07) is 0. The summed E-state index contributed by atoms with van der Waals surface area (Å²) in [5, 5.41) is 10.7. The van der Waals surface area contributed by atoms with Gasteiger partial charge in [-0.2, -0.15) is 0 Å². The van der Waals surface area contributed by atoms with E-state index in [1.807, 2.05) is 20.8 Å². The average molecular weight is 270 g/mol. The van der Waals surface area contributed by atoms with Crippen molar-refractivity contribution in [3.63, 3.8) is 0 Å². The summed E-state index contributed by atoms with van der Waals surface area (Å²) >= 11 is 0. The molecule has 1 aliphatic heterocycles. The zero-order chi connectivity index (χ0) is 14.5. The van der Waals surface area contributed by atoms with Crippen LogP contribution < -0.4 is 5.73 Å². The molecule has 0 radical (unpaired) electrons. The topological polar surface area (TPSA) is 75.8 Å². The van der Waals surface area contributed by atoms with Crippen LogP contribution in [0, 0.1) is 5.92 Å². The third-order valence-corrected chi connectivity index (χ3v) is 4.47. The van der Waals surface area contributed by atoms with E-state index >= 15 is 0 Å². The van der Waals surface area contributed by atoms with E-state index in [0.717, 1.165) is 6.42 Å². The highest BCUT2D eigenvalue weighted by atomic mass is 16.6. The van der Waals surface area contributed by atoms with E-state index < -0.39 is 16.7 Å². The van der Waals surface area contributed by atoms with E-state index in [1.54, 1.807) is 4.90 Å². The number of hydrogen-bond donors (Lipinski definition) is 2. The van der Waals surface area contributed by atoms with Crippen molar-refractivity contribution >= 4 is 6.09 Å². The second-order valence-electron chi connectivity index (χ2n) is 7.14. The second kappa shape index (κ2) is 4.35. The average Bonchev–Trinajstić information content (AvgIpc) is 2.87. The van der Waals surface area contributed by atoms with Crippen molar-refractivity contribution in [1.82, 2.24) is 4.90 Å². The quantitative estimate of drug-likeness (QED) is 0.757. The first-order valence-electron chi connectivity index (χ1n) is 7.07. The van der Waals surface area contributed by atoms with Crippen LogP contribution in [0.25, 0.3) is 0 Å². The molecular weight excluding hydrogens is 244 g/mol. The van der Waals surface area contributed by atoms with Gasteiger partial charge in [-0.05, 0) is 46.0 Å². The minimum atomic E-state index is -0.828. The van der Waals surface area contributed by atoms with E-state index in [-0.39, 0.29) is 6.09 Å². The molecule has 0 aromatic rings. The van der Waals surface area contributed by atoms with Crippen molar-refractivity contribution < 1.29 is 14.6 Å². The van der Waals surface area contributed by atoms with Gasteiger partial charge in [0.05, 0.1) is 5.60 Å². The first-order chi connectivity index (χ1) is 8.57. The smallest absolute Gasteiger partial charge is 0.410 e. The molecule has 1 heterocycles. The zero-order valence-electron chi connectivity index (χ0n) is 12.4. The molecule has 1 saturated heterocycles. The van der Waals surface area contributed by atoms with Crippen LogP contribution >= 0.6 is 0 Å². The van der Waals surface area contributed by atoms with Gasteiger partial charge in [0.15, 0.2) is 0 Å². The Hall–Kier alpha value is -0.810. The minimum Gasteiger partial charge on any atom is -0.444 e. The fraction of sp³-hybridized carbons (Fsp3) is 0.929. The molecule has 0 aromatic carbocycles. The number of aliphatic hydroxyl groups is 1. The Morgan fingerprint density at radius 1 is 1.37 bits per heavy atom. The number of carbonyl (C=O) groups is 1. The molecule has 2 unspecified atom stereocenters. The standard InChI is InChI=1S/C14H26N2O3/c1-10-9-14(10,15)13(18)5-7-16(8-6-13)11(17)19-12(2,3)4/h10,18H,5-9,15H2,1-4H3. The number of hydrogen-bond acceptors (Lipinski definition) is 4. The van der Waals surface area contributed by atoms with Crippen molar-refractivity contribution in [2.75, 3.05) is 13.1 Å². The monoisotopic (exact) mass is 270 g/mol. The first kappa shape index (κ1) is 14.6. The van der Waals surface area contributed by atoms with Crippen LogP contribution in [0.5, 0.6) is 0 Å². The highest BCUT2D eigenvalue weighted by Gasteiger charge is 2.62. The molecule has 2 atom stereocenters. The summed E-state index contributed by atoms with van der Waals surface area (Å²) in [4.78, 5) is 13.6. The van der Waals surface area contributed by atoms with Crippen LogP contribution in [-0.2, 0) is 4.74 Å². The van der Waals surface area contributed by atoms with E-state index in [9.17, 15) is 9.90 Å². The highest BCUT2D eigenvalue weighted by molar-refractivity contribution is 5.68. The van der Waals surface area contributed by atoms with Crippen molar-refractivity contribution in [3.05, 3.63) is 0 Å². The van der Waals surface area contributed by atoms with Gasteiger partial charge in [0.1, 0.15) is 5.60 Å². The molecule has 110 valence electrons. The molecule has 5 heteroatoms. The van der Waals surface area contributed by atoms with E-state index in [4.69, 9.17) is 10.5 Å². The molecule has 3 N–H and O–H groups in total. The molecule has 0 bridgehead atoms. The Kier molecular flexibility index (Phi) is 3.34. The molecule has 2 fully saturated rings. The van der Waals surface area contributed by atoms with E-state index in [0.29, 0.717) is 31.8 Å². The van der Waals surface area contributed by atoms with Gasteiger partial charge < -0.3 is 20.5 Å². The van der Waals surface area contributed by atoms with Gasteiger partial charge >= 0.3 is 6.09 Å². The van der Waals surface area contributed by atoms with Gasteiger partial charge in [-0.1, -0.05) is 6.92 Å². The molecule has 0 spiro atoms. The molecule has 19 heavy (non-hydrogen) atoms. The van der Waals surface area contributed by atoms with E-state index in [2.05, 4.69) is 6.92 Å². The van der Waals surface area contributed by atoms with Gasteiger partial charge in [-0.15, -0.1) is 0 Å². The number of ether oxygens (including phenoxy) is 1. The van der Waals surface area contributed by atoms with Crippen LogP contribution in [-0.4, -0.2) is 45.9 Å². The Labute approximate surface area is 115 Å². The minimum absolute atomic E-state index is 0.301. The molecule has 1 aliphatic carbocycles. The van der Waals surface area contributed by atoms with Gasteiger partial charge in [0.25, 0.3) is 0 Å². The molecule has 0 aromatic heterocycles. The maximum Gasteiger partial charge on any atom is 0.410 e. The lowest BCUT2D eigenvalue weighted by atomic mass is 9.81. The van der Waals surface area contributed by atoms with Crippen LogP contribution in [0.3, 0.4) is 0 Å². The molecule has 1 amide bonds. The molecule has 5 nitrogen and oxygen atoms in total. The van der Waals surface area contributed by atoms with Gasteiger partial charge in [0, 0.05) is 18.6 Å². The molecule has 2 aliphatic rings. The van der Waals surface area contributed by atoms with Gasteiger partial charge in [-0.25, -0.2) is 4.79 Å². The van der Waals surface area contributed by atoms with Crippen LogP contribution in [0.4, 0.5) is 4.79 Å². The van der Waals surface area contributed by atoms with E-state index in [1.165, 1.54) is 0 Å². The lowest BCUT2D eigenvalue weighted by Gasteiger charge is -2.42.